The Labute approximate surface area is 134 Å². The van der Waals surface area contributed by atoms with E-state index in [1.807, 2.05) is 19.3 Å². The fraction of sp³-hybridized carbons (Fsp3) is 0.647. The van der Waals surface area contributed by atoms with Crippen molar-refractivity contribution < 1.29 is 14.6 Å². The van der Waals surface area contributed by atoms with Gasteiger partial charge in [-0.05, 0) is 25.5 Å². The van der Waals surface area contributed by atoms with Gasteiger partial charge in [0.25, 0.3) is 0 Å². The molecule has 1 N–H and O–H groups in total. The molecule has 0 aromatic heterocycles. The molecule has 0 rings (SSSR count). The van der Waals surface area contributed by atoms with Gasteiger partial charge in [-0.15, -0.1) is 0 Å². The van der Waals surface area contributed by atoms with Crippen molar-refractivity contribution in [2.45, 2.75) is 40.0 Å². The standard InChI is InChI=1S/C17H30N2O3/c1-5-7-11-19(14-18-4)12-15(3)13-22-16(8-6-2)9-10-17(20)21/h6,8-9,14-15H,5,7,10-13H2,1-4H3,(H,20,21)/b8-6-,16-9+,18-14?/t15-/m1/s1. The molecule has 0 heterocycles. The minimum Gasteiger partial charge on any atom is -0.494 e. The van der Waals surface area contributed by atoms with Crippen LogP contribution in [-0.2, 0) is 9.53 Å². The average Bonchev–Trinajstić information content (AvgIpc) is 2.47. The maximum atomic E-state index is 10.6. The molecule has 0 bridgehead atoms. The number of aliphatic imine (C=N–C) groups is 1. The monoisotopic (exact) mass is 310 g/mol. The maximum absolute atomic E-state index is 10.6. The summed E-state index contributed by atoms with van der Waals surface area (Å²) in [6.45, 7) is 8.59. The number of aliphatic carboxylic acids is 1. The quantitative estimate of drug-likeness (QED) is 0.260. The Balaban J connectivity index is 4.39. The number of ether oxygens (including phenoxy) is 1. The summed E-state index contributed by atoms with van der Waals surface area (Å²) in [5.41, 5.74) is 0. The first-order valence-electron chi connectivity index (χ1n) is 7.87. The van der Waals surface area contributed by atoms with Crippen molar-refractivity contribution in [2.75, 3.05) is 26.7 Å². The van der Waals surface area contributed by atoms with Crippen LogP contribution >= 0.6 is 0 Å². The smallest absolute Gasteiger partial charge is 0.307 e. The molecule has 0 radical (unpaired) electrons. The van der Waals surface area contributed by atoms with Crippen LogP contribution in [0.5, 0.6) is 0 Å². The summed E-state index contributed by atoms with van der Waals surface area (Å²) in [7, 11) is 1.78. The number of nitrogens with zero attached hydrogens (tertiary/aromatic N) is 2. The van der Waals surface area contributed by atoms with E-state index in [0.717, 1.165) is 25.9 Å². The van der Waals surface area contributed by atoms with Crippen molar-refractivity contribution in [1.29, 1.82) is 0 Å². The molecule has 0 amide bonds. The summed E-state index contributed by atoms with van der Waals surface area (Å²) in [5.74, 6) is 0.0814. The molecule has 5 nitrogen and oxygen atoms in total. The first-order valence-corrected chi connectivity index (χ1v) is 7.87. The maximum Gasteiger partial charge on any atom is 0.307 e. The normalized spacial score (nSPS) is 13.7. The molecule has 5 heteroatoms. The molecular weight excluding hydrogens is 280 g/mol. The fourth-order valence-electron chi connectivity index (χ4n) is 1.94. The predicted octanol–water partition coefficient (Wildman–Crippen LogP) is 3.33. The van der Waals surface area contributed by atoms with Crippen molar-refractivity contribution in [3.8, 4) is 0 Å². The number of carbonyl (C=O) groups is 1. The lowest BCUT2D eigenvalue weighted by Gasteiger charge is -2.23. The van der Waals surface area contributed by atoms with Gasteiger partial charge in [0.15, 0.2) is 0 Å². The molecule has 0 aliphatic carbocycles. The van der Waals surface area contributed by atoms with Crippen LogP contribution < -0.4 is 0 Å². The minimum atomic E-state index is -0.858. The number of carboxylic acid groups (broad SMARTS) is 1. The molecule has 0 spiro atoms. The highest BCUT2D eigenvalue weighted by molar-refractivity contribution is 5.68. The van der Waals surface area contributed by atoms with Gasteiger partial charge in [0.05, 0.1) is 19.4 Å². The summed E-state index contributed by atoms with van der Waals surface area (Å²) in [5, 5.41) is 8.72. The number of hydrogen-bond donors (Lipinski definition) is 1. The van der Waals surface area contributed by atoms with Crippen LogP contribution in [-0.4, -0.2) is 49.1 Å². The largest absolute Gasteiger partial charge is 0.494 e. The second kappa shape index (κ2) is 12.9. The molecule has 0 saturated heterocycles. The number of hydrogen-bond acceptors (Lipinski definition) is 3. The molecule has 1 atom stereocenters. The van der Waals surface area contributed by atoms with E-state index in [1.165, 1.54) is 0 Å². The highest BCUT2D eigenvalue weighted by Gasteiger charge is 2.09. The summed E-state index contributed by atoms with van der Waals surface area (Å²) in [4.78, 5) is 16.9. The first-order chi connectivity index (χ1) is 10.5. The third kappa shape index (κ3) is 10.9. The highest BCUT2D eigenvalue weighted by atomic mass is 16.5. The molecule has 22 heavy (non-hydrogen) atoms. The van der Waals surface area contributed by atoms with E-state index >= 15 is 0 Å². The Hall–Kier alpha value is -1.78. The number of carboxylic acids is 1. The Morgan fingerprint density at radius 3 is 2.73 bits per heavy atom. The number of allylic oxidation sites excluding steroid dienone is 2. The van der Waals surface area contributed by atoms with Gasteiger partial charge in [0, 0.05) is 26.1 Å². The lowest BCUT2D eigenvalue weighted by molar-refractivity contribution is -0.136. The van der Waals surface area contributed by atoms with Crippen molar-refractivity contribution in [1.82, 2.24) is 4.90 Å². The summed E-state index contributed by atoms with van der Waals surface area (Å²) in [6.07, 6.45) is 9.37. The topological polar surface area (TPSA) is 62.1 Å². The van der Waals surface area contributed by atoms with E-state index in [2.05, 4.69) is 23.7 Å². The van der Waals surface area contributed by atoms with Crippen LogP contribution in [0.3, 0.4) is 0 Å². The van der Waals surface area contributed by atoms with E-state index in [4.69, 9.17) is 9.84 Å². The third-order valence-electron chi connectivity index (χ3n) is 2.97. The van der Waals surface area contributed by atoms with Crippen LogP contribution in [0.4, 0.5) is 0 Å². The Morgan fingerprint density at radius 1 is 1.45 bits per heavy atom. The molecule has 0 aromatic carbocycles. The van der Waals surface area contributed by atoms with Crippen molar-refractivity contribution in [2.24, 2.45) is 10.9 Å². The lowest BCUT2D eigenvalue weighted by atomic mass is 10.2. The van der Waals surface area contributed by atoms with Gasteiger partial charge in [0.1, 0.15) is 5.76 Å². The summed E-state index contributed by atoms with van der Waals surface area (Å²) >= 11 is 0. The van der Waals surface area contributed by atoms with Crippen molar-refractivity contribution in [3.05, 3.63) is 24.0 Å². The Morgan fingerprint density at radius 2 is 2.18 bits per heavy atom. The van der Waals surface area contributed by atoms with Gasteiger partial charge >= 0.3 is 5.97 Å². The fourth-order valence-corrected chi connectivity index (χ4v) is 1.94. The molecule has 0 saturated carbocycles. The second-order valence-electron chi connectivity index (χ2n) is 5.34. The zero-order valence-corrected chi connectivity index (χ0v) is 14.3. The predicted molar refractivity (Wildman–Crippen MR) is 91.2 cm³/mol. The second-order valence-corrected chi connectivity index (χ2v) is 5.34. The SMILES string of the molecule is C/C=C\C(=C/CC(=O)O)OC[C@H](C)CN(C=NC)CCCC. The van der Waals surface area contributed by atoms with E-state index in [9.17, 15) is 4.79 Å². The molecule has 126 valence electrons. The van der Waals surface area contributed by atoms with Gasteiger partial charge in [-0.2, -0.15) is 0 Å². The number of rotatable bonds is 12. The van der Waals surface area contributed by atoms with Gasteiger partial charge in [-0.3, -0.25) is 9.79 Å². The zero-order valence-electron chi connectivity index (χ0n) is 14.3. The summed E-state index contributed by atoms with van der Waals surface area (Å²) < 4.78 is 5.72. The number of unbranched alkanes of at least 4 members (excludes halogenated alkanes) is 1. The molecular formula is C17H30N2O3. The average molecular weight is 310 g/mol. The minimum absolute atomic E-state index is 0.0286. The summed E-state index contributed by atoms with van der Waals surface area (Å²) in [6, 6.07) is 0. The van der Waals surface area contributed by atoms with Gasteiger partial charge in [-0.1, -0.05) is 26.3 Å². The van der Waals surface area contributed by atoms with Crippen LogP contribution in [0.2, 0.25) is 0 Å². The van der Waals surface area contributed by atoms with Crippen LogP contribution in [0.1, 0.15) is 40.0 Å². The van der Waals surface area contributed by atoms with E-state index in [0.29, 0.717) is 18.3 Å². The van der Waals surface area contributed by atoms with Crippen molar-refractivity contribution >= 4 is 12.3 Å². The van der Waals surface area contributed by atoms with Gasteiger partial charge in [0.2, 0.25) is 0 Å². The van der Waals surface area contributed by atoms with Crippen molar-refractivity contribution in [3.63, 3.8) is 0 Å². The first kappa shape index (κ1) is 20.2. The molecule has 0 unspecified atom stereocenters. The Kier molecular flexibility index (Phi) is 11.9. The van der Waals surface area contributed by atoms with Crippen LogP contribution in [0.15, 0.2) is 29.0 Å². The highest BCUT2D eigenvalue weighted by Crippen LogP contribution is 2.08. The van der Waals surface area contributed by atoms with E-state index < -0.39 is 5.97 Å². The molecule has 0 aliphatic heterocycles. The van der Waals surface area contributed by atoms with Crippen LogP contribution in [0.25, 0.3) is 0 Å². The van der Waals surface area contributed by atoms with Gasteiger partial charge in [-0.25, -0.2) is 0 Å². The Bertz CT molecular complexity index is 389. The van der Waals surface area contributed by atoms with Gasteiger partial charge < -0.3 is 14.7 Å². The van der Waals surface area contributed by atoms with E-state index in [1.54, 1.807) is 19.2 Å². The molecule has 0 aliphatic rings. The zero-order chi connectivity index (χ0) is 16.8. The molecule has 0 aromatic rings. The van der Waals surface area contributed by atoms with E-state index in [-0.39, 0.29) is 6.42 Å². The third-order valence-corrected chi connectivity index (χ3v) is 2.97. The van der Waals surface area contributed by atoms with Crippen LogP contribution in [0, 0.1) is 5.92 Å². The molecule has 0 fully saturated rings. The lowest BCUT2D eigenvalue weighted by Crippen LogP contribution is -2.30.